The Labute approximate surface area is 111 Å². The third-order valence-corrected chi connectivity index (χ3v) is 2.96. The smallest absolute Gasteiger partial charge is 0.231 e. The van der Waals surface area contributed by atoms with E-state index in [0.29, 0.717) is 18.0 Å². The highest BCUT2D eigenvalue weighted by atomic mass is 16.3. The Bertz CT molecular complexity index is 562. The summed E-state index contributed by atoms with van der Waals surface area (Å²) in [7, 11) is 0. The van der Waals surface area contributed by atoms with Gasteiger partial charge in [0.15, 0.2) is 12.2 Å². The normalized spacial score (nSPS) is 11.3. The van der Waals surface area contributed by atoms with Gasteiger partial charge in [0.25, 0.3) is 0 Å². The first kappa shape index (κ1) is 13.3. The molecule has 5 nitrogen and oxygen atoms in total. The topological polar surface area (TPSA) is 81.2 Å². The Kier molecular flexibility index (Phi) is 3.66. The number of aromatic nitrogens is 1. The number of carbonyl (C=O) groups is 1. The van der Waals surface area contributed by atoms with Gasteiger partial charge in [0.05, 0.1) is 11.6 Å². The van der Waals surface area contributed by atoms with Gasteiger partial charge >= 0.3 is 0 Å². The number of nitrogens with zero attached hydrogens (tertiary/aromatic N) is 1. The van der Waals surface area contributed by atoms with Gasteiger partial charge in [-0.2, -0.15) is 0 Å². The first-order chi connectivity index (χ1) is 9.03. The van der Waals surface area contributed by atoms with Crippen molar-refractivity contribution in [3.8, 4) is 11.3 Å². The summed E-state index contributed by atoms with van der Waals surface area (Å²) in [5.74, 6) is 0.555. The van der Waals surface area contributed by atoms with Gasteiger partial charge in [-0.15, -0.1) is 0 Å². The van der Waals surface area contributed by atoms with Gasteiger partial charge in [0.1, 0.15) is 0 Å². The van der Waals surface area contributed by atoms with Crippen molar-refractivity contribution < 1.29 is 9.21 Å². The van der Waals surface area contributed by atoms with Crippen LogP contribution in [-0.4, -0.2) is 17.4 Å². The molecule has 0 fully saturated rings. The molecule has 1 amide bonds. The highest BCUT2D eigenvalue weighted by Crippen LogP contribution is 2.23. The first-order valence-corrected chi connectivity index (χ1v) is 6.03. The monoisotopic (exact) mass is 259 g/mol. The fraction of sp³-hybridized carbons (Fsp3) is 0.286. The molecule has 0 atom stereocenters. The number of nitrogens with two attached hydrogens (primary N) is 1. The summed E-state index contributed by atoms with van der Waals surface area (Å²) in [5.41, 5.74) is 6.56. The van der Waals surface area contributed by atoms with Gasteiger partial charge in [0, 0.05) is 17.8 Å². The van der Waals surface area contributed by atoms with Crippen LogP contribution in [0, 0.1) is 5.41 Å². The van der Waals surface area contributed by atoms with E-state index in [1.165, 1.54) is 6.39 Å². The fourth-order valence-electron chi connectivity index (χ4n) is 1.50. The number of oxazole rings is 1. The second-order valence-corrected chi connectivity index (χ2v) is 4.99. The van der Waals surface area contributed by atoms with Crippen LogP contribution in [0.4, 0.5) is 5.69 Å². The molecule has 2 aromatic rings. The molecule has 0 aliphatic heterocycles. The van der Waals surface area contributed by atoms with E-state index >= 15 is 0 Å². The number of rotatable bonds is 4. The maximum Gasteiger partial charge on any atom is 0.231 e. The minimum absolute atomic E-state index is 0.107. The van der Waals surface area contributed by atoms with E-state index in [9.17, 15) is 4.79 Å². The van der Waals surface area contributed by atoms with Gasteiger partial charge in [-0.1, -0.05) is 12.1 Å². The summed E-state index contributed by atoms with van der Waals surface area (Å²) < 4.78 is 5.22. The van der Waals surface area contributed by atoms with Crippen molar-refractivity contribution in [3.05, 3.63) is 36.9 Å². The maximum atomic E-state index is 12.0. The number of anilines is 1. The molecule has 1 aromatic heterocycles. The predicted octanol–water partition coefficient (Wildman–Crippen LogP) is 2.26. The van der Waals surface area contributed by atoms with E-state index in [1.807, 2.05) is 38.1 Å². The highest BCUT2D eigenvalue weighted by molar-refractivity contribution is 5.95. The van der Waals surface area contributed by atoms with Crippen molar-refractivity contribution in [3.63, 3.8) is 0 Å². The van der Waals surface area contributed by atoms with E-state index < -0.39 is 5.41 Å². The Balaban J connectivity index is 2.19. The summed E-state index contributed by atoms with van der Waals surface area (Å²) >= 11 is 0. The average Bonchev–Trinajstić information content (AvgIpc) is 2.93. The van der Waals surface area contributed by atoms with Crippen LogP contribution >= 0.6 is 0 Å². The van der Waals surface area contributed by atoms with Crippen LogP contribution in [0.25, 0.3) is 11.3 Å². The summed E-state index contributed by atoms with van der Waals surface area (Å²) in [6.45, 7) is 3.91. The van der Waals surface area contributed by atoms with Crippen molar-refractivity contribution in [2.75, 3.05) is 11.9 Å². The second-order valence-electron chi connectivity index (χ2n) is 4.99. The van der Waals surface area contributed by atoms with Gasteiger partial charge in [0.2, 0.25) is 5.91 Å². The van der Waals surface area contributed by atoms with Crippen molar-refractivity contribution >= 4 is 11.6 Å². The molecule has 2 rings (SSSR count). The van der Waals surface area contributed by atoms with Crippen molar-refractivity contribution in [1.29, 1.82) is 0 Å². The molecule has 1 aromatic carbocycles. The summed E-state index contributed by atoms with van der Waals surface area (Å²) in [5, 5.41) is 2.85. The van der Waals surface area contributed by atoms with Crippen LogP contribution in [-0.2, 0) is 4.79 Å². The van der Waals surface area contributed by atoms with Gasteiger partial charge < -0.3 is 15.5 Å². The van der Waals surface area contributed by atoms with Crippen LogP contribution in [0.5, 0.6) is 0 Å². The number of hydrogen-bond donors (Lipinski definition) is 2. The minimum atomic E-state index is -0.595. The fourth-order valence-corrected chi connectivity index (χ4v) is 1.50. The molecule has 0 saturated carbocycles. The van der Waals surface area contributed by atoms with E-state index in [4.69, 9.17) is 10.2 Å². The van der Waals surface area contributed by atoms with Crippen molar-refractivity contribution in [1.82, 2.24) is 4.98 Å². The second kappa shape index (κ2) is 5.24. The van der Waals surface area contributed by atoms with Crippen LogP contribution in [0.15, 0.2) is 41.3 Å². The number of benzene rings is 1. The average molecular weight is 259 g/mol. The molecule has 0 spiro atoms. The van der Waals surface area contributed by atoms with Crippen molar-refractivity contribution in [2.45, 2.75) is 13.8 Å². The molecule has 19 heavy (non-hydrogen) atoms. The number of nitrogens with one attached hydrogen (secondary N) is 1. The minimum Gasteiger partial charge on any atom is -0.444 e. The SMILES string of the molecule is CC(C)(CN)C(=O)Nc1cccc(-c2cnco2)c1. The largest absolute Gasteiger partial charge is 0.444 e. The Morgan fingerprint density at radius 1 is 1.47 bits per heavy atom. The molecule has 0 unspecified atom stereocenters. The molecule has 100 valence electrons. The lowest BCUT2D eigenvalue weighted by Crippen LogP contribution is -2.37. The summed E-state index contributed by atoms with van der Waals surface area (Å²) in [6, 6.07) is 7.41. The molecule has 0 saturated heterocycles. The quantitative estimate of drug-likeness (QED) is 0.882. The van der Waals surface area contributed by atoms with Gasteiger partial charge in [-0.3, -0.25) is 4.79 Å². The zero-order valence-corrected chi connectivity index (χ0v) is 11.0. The molecular formula is C14H17N3O2. The molecular weight excluding hydrogens is 242 g/mol. The van der Waals surface area contributed by atoms with Crippen LogP contribution in [0.2, 0.25) is 0 Å². The lowest BCUT2D eigenvalue weighted by molar-refractivity contribution is -0.123. The van der Waals surface area contributed by atoms with E-state index in [0.717, 1.165) is 5.56 Å². The first-order valence-electron chi connectivity index (χ1n) is 6.03. The summed E-state index contributed by atoms with van der Waals surface area (Å²) in [4.78, 5) is 15.9. The van der Waals surface area contributed by atoms with Crippen LogP contribution in [0.3, 0.4) is 0 Å². The standard InChI is InChI=1S/C14H17N3O2/c1-14(2,8-15)13(18)17-11-5-3-4-10(6-11)12-7-16-9-19-12/h3-7,9H,8,15H2,1-2H3,(H,17,18). The zero-order chi connectivity index (χ0) is 13.9. The Morgan fingerprint density at radius 2 is 2.26 bits per heavy atom. The van der Waals surface area contributed by atoms with E-state index in [-0.39, 0.29) is 5.91 Å². The molecule has 5 heteroatoms. The number of carbonyl (C=O) groups excluding carboxylic acids is 1. The van der Waals surface area contributed by atoms with Gasteiger partial charge in [-0.25, -0.2) is 4.98 Å². The Morgan fingerprint density at radius 3 is 2.89 bits per heavy atom. The highest BCUT2D eigenvalue weighted by Gasteiger charge is 2.25. The maximum absolute atomic E-state index is 12.0. The zero-order valence-electron chi connectivity index (χ0n) is 11.0. The molecule has 0 aliphatic rings. The van der Waals surface area contributed by atoms with E-state index in [2.05, 4.69) is 10.3 Å². The number of hydrogen-bond acceptors (Lipinski definition) is 4. The van der Waals surface area contributed by atoms with Gasteiger partial charge in [-0.05, 0) is 26.0 Å². The number of amides is 1. The molecule has 0 aliphatic carbocycles. The molecule has 0 radical (unpaired) electrons. The lowest BCUT2D eigenvalue weighted by Gasteiger charge is -2.21. The lowest BCUT2D eigenvalue weighted by atomic mass is 9.92. The predicted molar refractivity (Wildman–Crippen MR) is 73.4 cm³/mol. The van der Waals surface area contributed by atoms with Crippen molar-refractivity contribution in [2.24, 2.45) is 11.1 Å². The van der Waals surface area contributed by atoms with Crippen LogP contribution in [0.1, 0.15) is 13.8 Å². The molecule has 0 bridgehead atoms. The third kappa shape index (κ3) is 3.00. The third-order valence-electron chi connectivity index (χ3n) is 2.96. The Hall–Kier alpha value is -2.14. The van der Waals surface area contributed by atoms with Crippen LogP contribution < -0.4 is 11.1 Å². The summed E-state index contributed by atoms with van der Waals surface area (Å²) in [6.07, 6.45) is 3.00. The van der Waals surface area contributed by atoms with E-state index in [1.54, 1.807) is 6.20 Å². The molecule has 3 N–H and O–H groups in total. The molecule has 1 heterocycles.